The summed E-state index contributed by atoms with van der Waals surface area (Å²) in [6.45, 7) is 30.8. The number of fused-ring (bicyclic) bond motifs is 2. The van der Waals surface area contributed by atoms with Crippen LogP contribution in [0.2, 0.25) is 36.3 Å². The van der Waals surface area contributed by atoms with Gasteiger partial charge in [0.05, 0.1) is 39.9 Å². The summed E-state index contributed by atoms with van der Waals surface area (Å²) in [7, 11) is -2.18. The molecule has 17 heteroatoms. The third-order valence-electron chi connectivity index (χ3n) is 20.7. The first-order valence-electron chi connectivity index (χ1n) is 28.3. The number of ether oxygens (including phenoxy) is 4. The molecular weight excluding hydrogens is 1030 g/mol. The zero-order chi connectivity index (χ0) is 56.2. The summed E-state index contributed by atoms with van der Waals surface area (Å²) in [6, 6.07) is 6.93. The summed E-state index contributed by atoms with van der Waals surface area (Å²) in [5.41, 5.74) is 2.17. The van der Waals surface area contributed by atoms with E-state index in [4.69, 9.17) is 22.5 Å². The number of esters is 4. The van der Waals surface area contributed by atoms with E-state index in [1.165, 1.54) is 118 Å². The Bertz CT molecular complexity index is 2210. The van der Waals surface area contributed by atoms with Gasteiger partial charge in [0.25, 0.3) is 10.1 Å². The minimum absolute atomic E-state index is 0. The second kappa shape index (κ2) is 26.1. The number of carbonyl (C=O) groups excluding carboxylic acids is 4. The molecular formula is C59H101NaO13SSi2. The first-order chi connectivity index (χ1) is 34.7. The summed E-state index contributed by atoms with van der Waals surface area (Å²) in [5, 5.41) is 0.463. The van der Waals surface area contributed by atoms with E-state index < -0.39 is 56.5 Å². The van der Waals surface area contributed by atoms with Crippen molar-refractivity contribution in [1.82, 2.24) is 0 Å². The molecule has 0 saturated heterocycles. The van der Waals surface area contributed by atoms with Gasteiger partial charge in [0, 0.05) is 12.2 Å². The molecule has 430 valence electrons. The summed E-state index contributed by atoms with van der Waals surface area (Å²) in [6.07, 6.45) is 20.0. The van der Waals surface area contributed by atoms with Gasteiger partial charge in [0.1, 0.15) is 6.42 Å². The SMILES string of the molecule is COC(=O)C(CCC1(C2CCC3[C@@H](O[Si](C)(C)C(C)(C)C)CCC[C@@]32C)CC1)C(=O)OC.COC(=O)CC(=O)OC.Cc1ccc(S(=O)(=O)OCCC2(C3CCC4[C@@H](O[Si](C)(C)C(C)(C)C)CCC[C@@]43C)CC2)cc1.[H-].[Na+]. The van der Waals surface area contributed by atoms with Crippen LogP contribution in [-0.4, -0.2) is 96.2 Å². The molecule has 6 fully saturated rings. The van der Waals surface area contributed by atoms with Crippen LogP contribution in [0.5, 0.6) is 0 Å². The Morgan fingerprint density at radius 3 is 1.37 bits per heavy atom. The van der Waals surface area contributed by atoms with Crippen molar-refractivity contribution in [3.05, 3.63) is 29.8 Å². The first kappa shape index (κ1) is 66.9. The topological polar surface area (TPSA) is 167 Å². The van der Waals surface area contributed by atoms with Crippen LogP contribution in [0, 0.1) is 58.2 Å². The van der Waals surface area contributed by atoms with E-state index in [2.05, 4.69) is 91.1 Å². The van der Waals surface area contributed by atoms with Crippen LogP contribution in [-0.2, 0) is 61.3 Å². The van der Waals surface area contributed by atoms with Crippen molar-refractivity contribution in [2.75, 3.05) is 35.0 Å². The third kappa shape index (κ3) is 15.5. The number of aryl methyl sites for hydroxylation is 1. The zero-order valence-electron chi connectivity index (χ0n) is 51.5. The molecule has 13 nitrogen and oxygen atoms in total. The molecule has 0 spiro atoms. The van der Waals surface area contributed by atoms with E-state index in [9.17, 15) is 27.6 Å². The maximum absolute atomic E-state index is 12.7. The van der Waals surface area contributed by atoms with Crippen LogP contribution < -0.4 is 29.6 Å². The van der Waals surface area contributed by atoms with Crippen molar-refractivity contribution >= 4 is 50.6 Å². The van der Waals surface area contributed by atoms with Gasteiger partial charge in [0.15, 0.2) is 22.6 Å². The molecule has 6 saturated carbocycles. The van der Waals surface area contributed by atoms with E-state index in [1.807, 2.05) is 19.1 Å². The van der Waals surface area contributed by atoms with Gasteiger partial charge in [0.2, 0.25) is 0 Å². The van der Waals surface area contributed by atoms with Crippen LogP contribution in [0.3, 0.4) is 0 Å². The van der Waals surface area contributed by atoms with Crippen molar-refractivity contribution in [2.45, 2.75) is 231 Å². The molecule has 0 aromatic heterocycles. The van der Waals surface area contributed by atoms with Gasteiger partial charge in [-0.2, -0.15) is 8.42 Å². The van der Waals surface area contributed by atoms with Gasteiger partial charge in [-0.05, 0) is 197 Å². The maximum atomic E-state index is 12.7. The monoisotopic (exact) mass is 1130 g/mol. The van der Waals surface area contributed by atoms with Crippen molar-refractivity contribution < 1.29 is 90.6 Å². The Labute approximate surface area is 485 Å². The number of hydrogen-bond donors (Lipinski definition) is 0. The average Bonchev–Trinajstić information content (AvgIpc) is 4.22. The molecule has 0 N–H and O–H groups in total. The number of methoxy groups -OCH3 is 4. The Balaban J connectivity index is 0.000000342. The van der Waals surface area contributed by atoms with E-state index in [1.54, 1.807) is 12.1 Å². The average molecular weight is 1130 g/mol. The molecule has 0 heterocycles. The molecule has 0 radical (unpaired) electrons. The molecule has 6 aliphatic rings. The quantitative estimate of drug-likeness (QED) is 0.0448. The Morgan fingerprint density at radius 2 is 1.01 bits per heavy atom. The first-order valence-corrected chi connectivity index (χ1v) is 35.6. The summed E-state index contributed by atoms with van der Waals surface area (Å²) in [4.78, 5) is 45.1. The molecule has 1 aromatic rings. The minimum atomic E-state index is -3.69. The molecule has 0 bridgehead atoms. The van der Waals surface area contributed by atoms with Crippen LogP contribution >= 0.6 is 0 Å². The minimum Gasteiger partial charge on any atom is -1.00 e. The Hall–Kier alpha value is -1.64. The number of hydrogen-bond acceptors (Lipinski definition) is 13. The number of rotatable bonds is 18. The normalized spacial score (nSPS) is 28.4. The van der Waals surface area contributed by atoms with Crippen LogP contribution in [0.4, 0.5) is 0 Å². The Kier molecular flexibility index (Phi) is 22.9. The van der Waals surface area contributed by atoms with Gasteiger partial charge in [-0.1, -0.05) is 85.9 Å². The summed E-state index contributed by atoms with van der Waals surface area (Å²) in [5.74, 6) is -0.326. The van der Waals surface area contributed by atoms with Crippen LogP contribution in [0.15, 0.2) is 29.2 Å². The Morgan fingerprint density at radius 1 is 0.618 bits per heavy atom. The van der Waals surface area contributed by atoms with Gasteiger partial charge in [-0.25, -0.2) is 0 Å². The van der Waals surface area contributed by atoms with Gasteiger partial charge < -0.3 is 29.2 Å². The fourth-order valence-electron chi connectivity index (χ4n) is 13.9. The van der Waals surface area contributed by atoms with Crippen molar-refractivity contribution in [3.63, 3.8) is 0 Å². The van der Waals surface area contributed by atoms with Crippen molar-refractivity contribution in [2.24, 2.45) is 51.2 Å². The number of benzene rings is 1. The molecule has 76 heavy (non-hydrogen) atoms. The fourth-order valence-corrected chi connectivity index (χ4v) is 17.6. The van der Waals surface area contributed by atoms with Crippen LogP contribution in [0.1, 0.15) is 178 Å². The van der Waals surface area contributed by atoms with E-state index >= 15 is 0 Å². The third-order valence-corrected chi connectivity index (χ3v) is 31.0. The summed E-state index contributed by atoms with van der Waals surface area (Å²) >= 11 is 0. The van der Waals surface area contributed by atoms with E-state index in [-0.39, 0.29) is 69.8 Å². The number of carbonyl (C=O) groups is 4. The molecule has 4 unspecified atom stereocenters. The molecule has 8 atom stereocenters. The standard InChI is InChI=1S/C28H46O4SSi.C26H46O5Si.C5H8O4.Na.H/c1-21-10-12-22(13-11-21)33(29,30)31-20-19-28(17-18-28)25-15-14-23-24(9-8-16-27(23,25)5)32-34(6,7)26(2,3)4;1-24(2,3)32(7,8)31-20-10-9-14-25(4)19(20)11-12-21(25)26(16-17-26)15-13-18(22(27)29-5)23(28)30-6;1-8-4(6)3-5(7)9-2;;/h10-13,23-25H,8-9,14-20H2,1-7H3;18-21H,9-17H2,1-8H3;3H2,1-2H3;;/q;;;+1;-1/t23?,24-,25?,27-;19?,20-,21?,25-;;;/m00.../s1. The molecule has 6 aliphatic carbocycles. The smallest absolute Gasteiger partial charge is 1.00 e. The predicted octanol–water partition coefficient (Wildman–Crippen LogP) is 10.4. The maximum Gasteiger partial charge on any atom is 1.00 e. The molecule has 1 aromatic carbocycles. The van der Waals surface area contributed by atoms with E-state index in [0.717, 1.165) is 18.4 Å². The molecule has 7 rings (SSSR count). The predicted molar refractivity (Wildman–Crippen MR) is 299 cm³/mol. The second-order valence-corrected chi connectivity index (χ2v) is 38.3. The fraction of sp³-hybridized carbons (Fsp3) is 0.831. The van der Waals surface area contributed by atoms with Crippen molar-refractivity contribution in [1.29, 1.82) is 0 Å². The molecule has 0 aliphatic heterocycles. The van der Waals surface area contributed by atoms with Gasteiger partial charge >= 0.3 is 53.4 Å². The molecule has 0 amide bonds. The van der Waals surface area contributed by atoms with Gasteiger partial charge in [-0.15, -0.1) is 0 Å². The second-order valence-electron chi connectivity index (χ2n) is 27.1. The largest absolute Gasteiger partial charge is 1.00 e. The van der Waals surface area contributed by atoms with E-state index in [0.29, 0.717) is 53.1 Å². The van der Waals surface area contributed by atoms with Gasteiger partial charge in [-0.3, -0.25) is 23.4 Å². The van der Waals surface area contributed by atoms with Crippen LogP contribution in [0.25, 0.3) is 0 Å². The summed E-state index contributed by atoms with van der Waals surface area (Å²) < 4.78 is 63.1. The van der Waals surface area contributed by atoms with Crippen molar-refractivity contribution in [3.8, 4) is 0 Å². The zero-order valence-corrected chi connectivity index (χ0v) is 55.3.